The summed E-state index contributed by atoms with van der Waals surface area (Å²) in [7, 11) is 1.54. The molecule has 1 aliphatic rings. The largest absolute Gasteiger partial charge is 0.493 e. The summed E-state index contributed by atoms with van der Waals surface area (Å²) >= 11 is 0. The van der Waals surface area contributed by atoms with Crippen LogP contribution < -0.4 is 25.6 Å². The Bertz CT molecular complexity index is 1270. The summed E-state index contributed by atoms with van der Waals surface area (Å²) in [4.78, 5) is 13.0. The third kappa shape index (κ3) is 3.57. The highest BCUT2D eigenvalue weighted by atomic mass is 16.5. The van der Waals surface area contributed by atoms with Crippen molar-refractivity contribution in [1.29, 1.82) is 5.26 Å². The first-order valence-corrected chi connectivity index (χ1v) is 10.0. The van der Waals surface area contributed by atoms with E-state index in [9.17, 15) is 10.1 Å². The van der Waals surface area contributed by atoms with Crippen LogP contribution in [-0.4, -0.2) is 13.7 Å². The Kier molecular flexibility index (Phi) is 5.54. The zero-order valence-corrected chi connectivity index (χ0v) is 17.3. The van der Waals surface area contributed by atoms with E-state index in [0.717, 1.165) is 12.8 Å². The van der Waals surface area contributed by atoms with E-state index in [2.05, 4.69) is 13.0 Å². The van der Waals surface area contributed by atoms with Crippen LogP contribution in [0.2, 0.25) is 0 Å². The molecule has 0 saturated carbocycles. The molecule has 2 aromatic carbocycles. The molecule has 0 aliphatic carbocycles. The van der Waals surface area contributed by atoms with E-state index in [1.54, 1.807) is 43.5 Å². The minimum absolute atomic E-state index is 0.0435. The lowest BCUT2D eigenvalue weighted by Gasteiger charge is -2.26. The van der Waals surface area contributed by atoms with Gasteiger partial charge < -0.3 is 24.4 Å². The van der Waals surface area contributed by atoms with Crippen molar-refractivity contribution in [2.75, 3.05) is 13.7 Å². The van der Waals surface area contributed by atoms with Crippen LogP contribution in [0.15, 0.2) is 63.1 Å². The van der Waals surface area contributed by atoms with Crippen molar-refractivity contribution < 1.29 is 18.6 Å². The van der Waals surface area contributed by atoms with Crippen molar-refractivity contribution in [3.05, 3.63) is 75.5 Å². The number of nitriles is 1. The van der Waals surface area contributed by atoms with E-state index >= 15 is 0 Å². The Balaban J connectivity index is 1.89. The molecule has 7 heteroatoms. The molecular formula is C24H22N2O5. The number of nitrogens with zero attached hydrogens (tertiary/aromatic N) is 1. The zero-order valence-electron chi connectivity index (χ0n) is 17.3. The number of hydrogen-bond acceptors (Lipinski definition) is 7. The number of allylic oxidation sites excluding steroid dienone is 1. The van der Waals surface area contributed by atoms with E-state index in [1.807, 2.05) is 6.07 Å². The molecule has 1 aromatic heterocycles. The Morgan fingerprint density at radius 3 is 2.74 bits per heavy atom. The van der Waals surface area contributed by atoms with Crippen molar-refractivity contribution in [2.24, 2.45) is 5.73 Å². The first kappa shape index (κ1) is 20.4. The molecule has 2 N–H and O–H groups in total. The normalized spacial score (nSPS) is 15.2. The summed E-state index contributed by atoms with van der Waals surface area (Å²) in [5, 5.41) is 10.4. The van der Waals surface area contributed by atoms with Gasteiger partial charge in [0, 0.05) is 0 Å². The lowest BCUT2D eigenvalue weighted by atomic mass is 9.83. The van der Waals surface area contributed by atoms with E-state index < -0.39 is 11.5 Å². The average Bonchev–Trinajstić information content (AvgIpc) is 2.78. The van der Waals surface area contributed by atoms with Gasteiger partial charge in [-0.25, -0.2) is 4.79 Å². The summed E-state index contributed by atoms with van der Waals surface area (Å²) in [5.41, 5.74) is 6.91. The number of unbranched alkanes of at least 4 members (excludes halogenated alkanes) is 1. The van der Waals surface area contributed by atoms with Gasteiger partial charge in [-0.05, 0) is 36.2 Å². The van der Waals surface area contributed by atoms with Crippen molar-refractivity contribution in [1.82, 2.24) is 0 Å². The molecule has 1 atom stereocenters. The van der Waals surface area contributed by atoms with Crippen LogP contribution in [0.3, 0.4) is 0 Å². The summed E-state index contributed by atoms with van der Waals surface area (Å²) in [6, 6.07) is 14.4. The van der Waals surface area contributed by atoms with Crippen LogP contribution in [0.25, 0.3) is 11.0 Å². The van der Waals surface area contributed by atoms with Crippen LogP contribution in [0.4, 0.5) is 0 Å². The third-order valence-corrected chi connectivity index (χ3v) is 5.25. The molecule has 1 unspecified atom stereocenters. The van der Waals surface area contributed by atoms with Crippen LogP contribution in [0, 0.1) is 11.3 Å². The second-order valence-corrected chi connectivity index (χ2v) is 7.17. The fraction of sp³-hybridized carbons (Fsp3) is 0.250. The minimum Gasteiger partial charge on any atom is -0.493 e. The number of methoxy groups -OCH3 is 1. The van der Waals surface area contributed by atoms with Crippen LogP contribution in [-0.2, 0) is 0 Å². The van der Waals surface area contributed by atoms with Crippen molar-refractivity contribution in [3.63, 3.8) is 0 Å². The second-order valence-electron chi connectivity index (χ2n) is 7.17. The summed E-state index contributed by atoms with van der Waals surface area (Å²) in [6.45, 7) is 2.65. The maximum absolute atomic E-state index is 13.0. The topological polar surface area (TPSA) is 108 Å². The lowest BCUT2D eigenvalue weighted by Crippen LogP contribution is -2.26. The highest BCUT2D eigenvalue weighted by molar-refractivity contribution is 5.86. The SMILES string of the molecule is CCCCOc1ccc(C2C(C#N)=C(N)Oc3c2c(=O)oc2ccccc32)cc1OC. The predicted molar refractivity (Wildman–Crippen MR) is 115 cm³/mol. The Labute approximate surface area is 179 Å². The lowest BCUT2D eigenvalue weighted by molar-refractivity contribution is 0.288. The molecule has 0 saturated heterocycles. The minimum atomic E-state index is -0.756. The van der Waals surface area contributed by atoms with Gasteiger partial charge in [-0.2, -0.15) is 5.26 Å². The first-order chi connectivity index (χ1) is 15.1. The van der Waals surface area contributed by atoms with Gasteiger partial charge in [-0.15, -0.1) is 0 Å². The van der Waals surface area contributed by atoms with Gasteiger partial charge in [0.1, 0.15) is 17.2 Å². The first-order valence-electron chi connectivity index (χ1n) is 10.0. The van der Waals surface area contributed by atoms with Gasteiger partial charge in [0.15, 0.2) is 17.2 Å². The molecule has 158 valence electrons. The number of fused-ring (bicyclic) bond motifs is 3. The van der Waals surface area contributed by atoms with Crippen LogP contribution in [0.1, 0.15) is 36.8 Å². The smallest absolute Gasteiger partial charge is 0.344 e. The fourth-order valence-corrected chi connectivity index (χ4v) is 3.71. The Hall–Kier alpha value is -3.92. The van der Waals surface area contributed by atoms with E-state index in [1.165, 1.54) is 0 Å². The Morgan fingerprint density at radius 2 is 2.00 bits per heavy atom. The molecule has 7 nitrogen and oxygen atoms in total. The molecule has 2 heterocycles. The molecule has 1 aliphatic heterocycles. The summed E-state index contributed by atoms with van der Waals surface area (Å²) < 4.78 is 22.6. The molecule has 31 heavy (non-hydrogen) atoms. The Morgan fingerprint density at radius 1 is 1.19 bits per heavy atom. The van der Waals surface area contributed by atoms with E-state index in [-0.39, 0.29) is 17.0 Å². The maximum atomic E-state index is 13.0. The van der Waals surface area contributed by atoms with Gasteiger partial charge in [0.25, 0.3) is 0 Å². The number of hydrogen-bond donors (Lipinski definition) is 1. The molecule has 0 spiro atoms. The van der Waals surface area contributed by atoms with Gasteiger partial charge >= 0.3 is 5.63 Å². The number of ether oxygens (including phenoxy) is 3. The molecule has 3 aromatic rings. The number of rotatable bonds is 6. The average molecular weight is 418 g/mol. The molecular weight excluding hydrogens is 396 g/mol. The fourth-order valence-electron chi connectivity index (χ4n) is 3.71. The predicted octanol–water partition coefficient (Wildman–Crippen LogP) is 4.20. The molecule has 0 amide bonds. The second kappa shape index (κ2) is 8.44. The quantitative estimate of drug-likeness (QED) is 0.472. The monoisotopic (exact) mass is 418 g/mol. The number of benzene rings is 2. The van der Waals surface area contributed by atoms with Crippen molar-refractivity contribution in [3.8, 4) is 23.3 Å². The molecule has 4 rings (SSSR count). The highest BCUT2D eigenvalue weighted by Crippen LogP contribution is 2.45. The maximum Gasteiger partial charge on any atom is 0.344 e. The highest BCUT2D eigenvalue weighted by Gasteiger charge is 2.35. The third-order valence-electron chi connectivity index (χ3n) is 5.25. The van der Waals surface area contributed by atoms with Crippen molar-refractivity contribution >= 4 is 11.0 Å². The molecule has 0 radical (unpaired) electrons. The van der Waals surface area contributed by atoms with Gasteiger partial charge in [0.2, 0.25) is 5.88 Å². The van der Waals surface area contributed by atoms with E-state index in [4.69, 9.17) is 24.4 Å². The van der Waals surface area contributed by atoms with Gasteiger partial charge in [0.05, 0.1) is 30.6 Å². The van der Waals surface area contributed by atoms with Crippen molar-refractivity contribution in [2.45, 2.75) is 25.7 Å². The van der Waals surface area contributed by atoms with E-state index in [0.29, 0.717) is 40.4 Å². The zero-order chi connectivity index (χ0) is 22.0. The number of nitrogens with two attached hydrogens (primary N) is 1. The molecule has 0 fully saturated rings. The van der Waals surface area contributed by atoms with Gasteiger partial charge in [-0.3, -0.25) is 0 Å². The van der Waals surface area contributed by atoms with Crippen LogP contribution >= 0.6 is 0 Å². The summed E-state index contributed by atoms with van der Waals surface area (Å²) in [5.74, 6) is 0.595. The van der Waals surface area contributed by atoms with Crippen LogP contribution in [0.5, 0.6) is 17.2 Å². The summed E-state index contributed by atoms with van der Waals surface area (Å²) in [6.07, 6.45) is 1.93. The van der Waals surface area contributed by atoms with Gasteiger partial charge in [-0.1, -0.05) is 31.5 Å². The standard InChI is InChI=1S/C24H22N2O5/c1-3-4-11-29-18-10-9-14(12-19(18)28-2)20-16(13-25)23(26)31-22-15-7-5-6-8-17(15)30-24(27)21(20)22/h5-10,12,20H,3-4,11,26H2,1-2H3. The number of para-hydroxylation sites is 1. The molecule has 0 bridgehead atoms.